The highest BCUT2D eigenvalue weighted by molar-refractivity contribution is 6.10. The Balaban J connectivity index is 1.51. The quantitative estimate of drug-likeness (QED) is 0.329. The van der Waals surface area contributed by atoms with Crippen LogP contribution in [-0.4, -0.2) is 52.5 Å². The van der Waals surface area contributed by atoms with Gasteiger partial charge in [0.15, 0.2) is 0 Å². The van der Waals surface area contributed by atoms with Crippen molar-refractivity contribution < 1.29 is 24.3 Å². The van der Waals surface area contributed by atoms with Crippen LogP contribution in [0.5, 0.6) is 0 Å². The normalized spacial score (nSPS) is 15.4. The number of carbonyl (C=O) groups excluding carboxylic acids is 3. The highest BCUT2D eigenvalue weighted by Gasteiger charge is 2.33. The van der Waals surface area contributed by atoms with Crippen LogP contribution >= 0.6 is 0 Å². The maximum Gasteiger partial charge on any atom is 0.326 e. The fraction of sp³-hybridized carbons (Fsp3) is 0.308. The van der Waals surface area contributed by atoms with Crippen molar-refractivity contribution in [2.75, 3.05) is 16.8 Å². The summed E-state index contributed by atoms with van der Waals surface area (Å²) in [4.78, 5) is 55.0. The molecular weight excluding hydrogens is 462 g/mol. The zero-order chi connectivity index (χ0) is 25.8. The first kappa shape index (κ1) is 24.8. The summed E-state index contributed by atoms with van der Waals surface area (Å²) in [5, 5.41) is 18.8. The number of H-pyrrole nitrogens is 1. The molecule has 1 aliphatic heterocycles. The molecule has 0 saturated carbocycles. The Morgan fingerprint density at radius 2 is 1.81 bits per heavy atom. The van der Waals surface area contributed by atoms with Gasteiger partial charge in [0.1, 0.15) is 18.6 Å². The van der Waals surface area contributed by atoms with Crippen molar-refractivity contribution in [3.63, 3.8) is 0 Å². The second-order valence-corrected chi connectivity index (χ2v) is 8.93. The lowest BCUT2D eigenvalue weighted by atomic mass is 9.97. The van der Waals surface area contributed by atoms with E-state index >= 15 is 0 Å². The molecule has 0 aliphatic carbocycles. The van der Waals surface area contributed by atoms with Crippen LogP contribution in [0.4, 0.5) is 16.2 Å². The van der Waals surface area contributed by atoms with Crippen molar-refractivity contribution in [3.8, 4) is 0 Å². The Morgan fingerprint density at radius 1 is 1.08 bits per heavy atom. The molecule has 3 atom stereocenters. The zero-order valence-corrected chi connectivity index (χ0v) is 20.1. The fourth-order valence-electron chi connectivity index (χ4n) is 4.31. The number of carbonyl (C=O) groups is 4. The summed E-state index contributed by atoms with van der Waals surface area (Å²) in [5.41, 5.74) is 2.65. The molecule has 188 valence electrons. The van der Waals surface area contributed by atoms with E-state index < -0.39 is 30.0 Å². The summed E-state index contributed by atoms with van der Waals surface area (Å²) >= 11 is 0. The third-order valence-electron chi connectivity index (χ3n) is 6.50. The van der Waals surface area contributed by atoms with Gasteiger partial charge in [0.05, 0.1) is 11.4 Å². The number of hydrogen-bond donors (Lipinski definition) is 5. The Bertz CT molecular complexity index is 1300. The molecule has 10 heteroatoms. The predicted octanol–water partition coefficient (Wildman–Crippen LogP) is 2.86. The SMILES string of the molecule is CC[C@@H](C)[C@H](NC(=O)N1CC(=O)Nc2ccccc21)C(=O)N[C@@H](Cc1c[nH]c2ccccc12)C(=O)O. The molecule has 0 unspecified atom stereocenters. The van der Waals surface area contributed by atoms with Crippen LogP contribution in [0.2, 0.25) is 0 Å². The lowest BCUT2D eigenvalue weighted by Gasteiger charge is -2.32. The maximum atomic E-state index is 13.3. The minimum absolute atomic E-state index is 0.0753. The molecule has 3 aromatic rings. The molecule has 0 spiro atoms. The first-order chi connectivity index (χ1) is 17.3. The number of nitrogens with one attached hydrogen (secondary N) is 4. The average molecular weight is 492 g/mol. The Labute approximate surface area is 208 Å². The van der Waals surface area contributed by atoms with E-state index in [9.17, 15) is 24.3 Å². The number of aromatic nitrogens is 1. The van der Waals surface area contributed by atoms with Crippen LogP contribution in [-0.2, 0) is 20.8 Å². The van der Waals surface area contributed by atoms with Crippen LogP contribution in [0.1, 0.15) is 25.8 Å². The minimum Gasteiger partial charge on any atom is -0.480 e. The van der Waals surface area contributed by atoms with E-state index in [4.69, 9.17) is 0 Å². The molecule has 10 nitrogen and oxygen atoms in total. The highest BCUT2D eigenvalue weighted by atomic mass is 16.4. The van der Waals surface area contributed by atoms with Gasteiger partial charge in [0, 0.05) is 23.5 Å². The number of carboxylic acid groups (broad SMARTS) is 1. The smallest absolute Gasteiger partial charge is 0.326 e. The van der Waals surface area contributed by atoms with Crippen LogP contribution in [0.3, 0.4) is 0 Å². The number of anilines is 2. The van der Waals surface area contributed by atoms with Crippen molar-refractivity contribution in [2.45, 2.75) is 38.8 Å². The van der Waals surface area contributed by atoms with Gasteiger partial charge in [0.2, 0.25) is 11.8 Å². The van der Waals surface area contributed by atoms with Gasteiger partial charge in [-0.05, 0) is 29.7 Å². The number of urea groups is 1. The van der Waals surface area contributed by atoms with E-state index in [1.54, 1.807) is 37.4 Å². The van der Waals surface area contributed by atoms with E-state index in [0.717, 1.165) is 16.5 Å². The van der Waals surface area contributed by atoms with Crippen LogP contribution < -0.4 is 20.9 Å². The van der Waals surface area contributed by atoms with Crippen LogP contribution in [0.15, 0.2) is 54.7 Å². The number of hydrogen-bond acceptors (Lipinski definition) is 4. The van der Waals surface area contributed by atoms with E-state index in [0.29, 0.717) is 17.8 Å². The standard InChI is InChI=1S/C26H29N5O5/c1-3-15(2)23(30-26(36)31-14-22(32)28-19-10-6-7-11-21(19)31)24(33)29-20(25(34)35)12-16-13-27-18-9-5-4-8-17(16)18/h4-11,13,15,20,23,27H,3,12,14H2,1-2H3,(H,28,32)(H,29,33)(H,30,36)(H,34,35)/t15-,20+,23+/m1/s1. The fourth-order valence-corrected chi connectivity index (χ4v) is 4.31. The summed E-state index contributed by atoms with van der Waals surface area (Å²) in [6.45, 7) is 3.48. The highest BCUT2D eigenvalue weighted by Crippen LogP contribution is 2.29. The van der Waals surface area contributed by atoms with Crippen molar-refractivity contribution in [1.82, 2.24) is 15.6 Å². The second-order valence-electron chi connectivity index (χ2n) is 8.93. The van der Waals surface area contributed by atoms with Gasteiger partial charge in [0.25, 0.3) is 0 Å². The number of aromatic amines is 1. The summed E-state index contributed by atoms with van der Waals surface area (Å²) in [6, 6.07) is 11.6. The molecule has 0 radical (unpaired) electrons. The molecule has 0 saturated heterocycles. The van der Waals surface area contributed by atoms with Gasteiger partial charge in [-0.3, -0.25) is 14.5 Å². The minimum atomic E-state index is -1.19. The molecule has 1 aromatic heterocycles. The van der Waals surface area contributed by atoms with Crippen LogP contribution in [0.25, 0.3) is 10.9 Å². The van der Waals surface area contributed by atoms with Gasteiger partial charge in [-0.25, -0.2) is 9.59 Å². The van der Waals surface area contributed by atoms with Crippen LogP contribution in [0, 0.1) is 5.92 Å². The molecule has 5 N–H and O–H groups in total. The second kappa shape index (κ2) is 10.5. The third kappa shape index (κ3) is 5.17. The summed E-state index contributed by atoms with van der Waals surface area (Å²) < 4.78 is 0. The third-order valence-corrected chi connectivity index (χ3v) is 6.50. The lowest BCUT2D eigenvalue weighted by Crippen LogP contribution is -2.58. The molecular formula is C26H29N5O5. The molecule has 36 heavy (non-hydrogen) atoms. The number of para-hydroxylation sites is 3. The molecule has 0 fully saturated rings. The number of amides is 4. The number of rotatable bonds is 8. The summed E-state index contributed by atoms with van der Waals surface area (Å²) in [6.07, 6.45) is 2.38. The number of nitrogens with zero attached hydrogens (tertiary/aromatic N) is 1. The van der Waals surface area contributed by atoms with Gasteiger partial charge in [-0.1, -0.05) is 50.6 Å². The van der Waals surface area contributed by atoms with Crippen molar-refractivity contribution in [2.24, 2.45) is 5.92 Å². The average Bonchev–Trinajstić information content (AvgIpc) is 3.28. The topological polar surface area (TPSA) is 144 Å². The largest absolute Gasteiger partial charge is 0.480 e. The Hall–Kier alpha value is -4.34. The van der Waals surface area contributed by atoms with E-state index in [-0.39, 0.29) is 24.8 Å². The number of carboxylic acids is 1. The van der Waals surface area contributed by atoms with Crippen molar-refractivity contribution in [1.29, 1.82) is 0 Å². The van der Waals surface area contributed by atoms with Crippen molar-refractivity contribution in [3.05, 3.63) is 60.3 Å². The Morgan fingerprint density at radius 3 is 2.56 bits per heavy atom. The van der Waals surface area contributed by atoms with Crippen molar-refractivity contribution >= 4 is 46.1 Å². The molecule has 4 amide bonds. The Kier molecular flexibility index (Phi) is 7.23. The first-order valence-electron chi connectivity index (χ1n) is 11.8. The van der Waals surface area contributed by atoms with Gasteiger partial charge in [-0.15, -0.1) is 0 Å². The summed E-state index contributed by atoms with van der Waals surface area (Å²) in [5.74, 6) is -2.41. The maximum absolute atomic E-state index is 13.3. The molecule has 2 aromatic carbocycles. The van der Waals surface area contributed by atoms with Gasteiger partial charge in [-0.2, -0.15) is 0 Å². The van der Waals surface area contributed by atoms with E-state index in [2.05, 4.69) is 20.9 Å². The number of aliphatic carboxylic acids is 1. The van der Waals surface area contributed by atoms with E-state index in [1.165, 1.54) is 4.90 Å². The van der Waals surface area contributed by atoms with E-state index in [1.807, 2.05) is 31.2 Å². The monoisotopic (exact) mass is 491 g/mol. The first-order valence-corrected chi connectivity index (χ1v) is 11.8. The summed E-state index contributed by atoms with van der Waals surface area (Å²) in [7, 11) is 0. The molecule has 1 aliphatic rings. The zero-order valence-electron chi connectivity index (χ0n) is 20.1. The molecule has 4 rings (SSSR count). The van der Waals surface area contributed by atoms with Gasteiger partial charge < -0.3 is 26.0 Å². The number of fused-ring (bicyclic) bond motifs is 2. The van der Waals surface area contributed by atoms with Gasteiger partial charge >= 0.3 is 12.0 Å². The number of benzene rings is 2. The molecule has 0 bridgehead atoms. The predicted molar refractivity (Wildman–Crippen MR) is 136 cm³/mol. The lowest BCUT2D eigenvalue weighted by molar-refractivity contribution is -0.142. The molecule has 2 heterocycles.